The van der Waals surface area contributed by atoms with Crippen LogP contribution in [-0.2, 0) is 14.3 Å². The zero-order valence-electron chi connectivity index (χ0n) is 8.87. The number of ether oxygens (including phenoxy) is 2. The van der Waals surface area contributed by atoms with Gasteiger partial charge in [-0.3, -0.25) is 9.59 Å². The van der Waals surface area contributed by atoms with Gasteiger partial charge in [0.05, 0.1) is 17.6 Å². The van der Waals surface area contributed by atoms with Gasteiger partial charge in [0.2, 0.25) is 6.29 Å². The third kappa shape index (κ3) is 1.24. The van der Waals surface area contributed by atoms with E-state index in [1.807, 2.05) is 17.5 Å². The van der Waals surface area contributed by atoms with Crippen LogP contribution in [0.15, 0.2) is 17.5 Å². The summed E-state index contributed by atoms with van der Waals surface area (Å²) in [5.74, 6) is -0.218. The Morgan fingerprint density at radius 2 is 2.35 bits per heavy atom. The molecule has 1 aromatic heterocycles. The van der Waals surface area contributed by atoms with Gasteiger partial charge in [-0.25, -0.2) is 0 Å². The number of ketones is 2. The van der Waals surface area contributed by atoms with Gasteiger partial charge in [-0.2, -0.15) is 0 Å². The Bertz CT molecular complexity index is 495. The Kier molecular flexibility index (Phi) is 1.90. The Morgan fingerprint density at radius 1 is 1.47 bits per heavy atom. The van der Waals surface area contributed by atoms with E-state index in [0.29, 0.717) is 6.61 Å². The predicted octanol–water partition coefficient (Wildman–Crippen LogP) is 1.12. The zero-order chi connectivity index (χ0) is 11.6. The highest BCUT2D eigenvalue weighted by molar-refractivity contribution is 7.12. The summed E-state index contributed by atoms with van der Waals surface area (Å²) in [6.45, 7) is 0.450. The standard InChI is InChI=1S/C12H10O4S/c13-10(6-2-1-3-17-6)8-7-5-4-15-12(16-5)11(14)9(7)8/h1-3,5,7-9,12H,4H2/t5-,7+,8-,9?,12-/m1/s1. The molecule has 1 unspecified atom stereocenters. The summed E-state index contributed by atoms with van der Waals surface area (Å²) in [4.78, 5) is 24.9. The average Bonchev–Trinajstić information content (AvgIpc) is 2.77. The summed E-state index contributed by atoms with van der Waals surface area (Å²) in [6, 6.07) is 3.68. The second-order valence-corrected chi connectivity index (χ2v) is 5.66. The van der Waals surface area contributed by atoms with E-state index in [1.165, 1.54) is 11.3 Å². The van der Waals surface area contributed by atoms with Crippen LogP contribution in [-0.4, -0.2) is 30.6 Å². The Hall–Kier alpha value is -1.04. The number of carbonyl (C=O) groups is 2. The molecule has 0 radical (unpaired) electrons. The first-order valence-electron chi connectivity index (χ1n) is 5.66. The van der Waals surface area contributed by atoms with Gasteiger partial charge >= 0.3 is 0 Å². The molecule has 0 spiro atoms. The van der Waals surface area contributed by atoms with Crippen molar-refractivity contribution < 1.29 is 19.1 Å². The Morgan fingerprint density at radius 3 is 3.12 bits per heavy atom. The van der Waals surface area contributed by atoms with Crippen LogP contribution in [0.2, 0.25) is 0 Å². The third-order valence-electron chi connectivity index (χ3n) is 3.84. The van der Waals surface area contributed by atoms with E-state index < -0.39 is 6.29 Å². The smallest absolute Gasteiger partial charge is 0.218 e. The van der Waals surface area contributed by atoms with Gasteiger partial charge < -0.3 is 9.47 Å². The summed E-state index contributed by atoms with van der Waals surface area (Å²) in [7, 11) is 0. The molecule has 0 amide bonds. The van der Waals surface area contributed by atoms with Crippen LogP contribution in [0.25, 0.3) is 0 Å². The minimum atomic E-state index is -0.706. The molecular formula is C12H10O4S. The quantitative estimate of drug-likeness (QED) is 0.738. The van der Waals surface area contributed by atoms with E-state index >= 15 is 0 Å². The van der Waals surface area contributed by atoms with Crippen molar-refractivity contribution in [2.45, 2.75) is 12.4 Å². The van der Waals surface area contributed by atoms with Crippen molar-refractivity contribution in [1.82, 2.24) is 0 Å². The fourth-order valence-electron chi connectivity index (χ4n) is 3.01. The fraction of sp³-hybridized carbons (Fsp3) is 0.500. The summed E-state index contributed by atoms with van der Waals surface area (Å²) >= 11 is 1.43. The molecule has 3 aliphatic rings. The third-order valence-corrected chi connectivity index (χ3v) is 4.73. The zero-order valence-corrected chi connectivity index (χ0v) is 9.68. The van der Waals surface area contributed by atoms with Crippen LogP contribution in [0.4, 0.5) is 0 Å². The highest BCUT2D eigenvalue weighted by atomic mass is 32.1. The van der Waals surface area contributed by atoms with Crippen molar-refractivity contribution in [2.24, 2.45) is 17.8 Å². The van der Waals surface area contributed by atoms with Gasteiger partial charge in [0.1, 0.15) is 0 Å². The lowest BCUT2D eigenvalue weighted by molar-refractivity contribution is -0.153. The molecule has 0 aromatic carbocycles. The molecule has 88 valence electrons. The summed E-state index contributed by atoms with van der Waals surface area (Å²) in [5, 5.41) is 1.88. The van der Waals surface area contributed by atoms with Crippen molar-refractivity contribution in [3.8, 4) is 0 Å². The predicted molar refractivity (Wildman–Crippen MR) is 58.7 cm³/mol. The molecule has 3 fully saturated rings. The molecule has 2 bridgehead atoms. The van der Waals surface area contributed by atoms with Gasteiger partial charge in [0, 0.05) is 17.8 Å². The first-order valence-corrected chi connectivity index (χ1v) is 6.54. The number of rotatable bonds is 2. The minimum Gasteiger partial charge on any atom is -0.343 e. The summed E-state index contributed by atoms with van der Waals surface area (Å²) in [6.07, 6.45) is -0.765. The lowest BCUT2D eigenvalue weighted by Crippen LogP contribution is -2.30. The monoisotopic (exact) mass is 250 g/mol. The van der Waals surface area contributed by atoms with Gasteiger partial charge in [-0.1, -0.05) is 6.07 Å². The number of hydrogen-bond donors (Lipinski definition) is 0. The van der Waals surface area contributed by atoms with E-state index in [9.17, 15) is 9.59 Å². The molecule has 1 aliphatic carbocycles. The summed E-state index contributed by atoms with van der Waals surface area (Å²) in [5.41, 5.74) is 0. The molecule has 2 aliphatic heterocycles. The molecule has 5 atom stereocenters. The van der Waals surface area contributed by atoms with Crippen LogP contribution < -0.4 is 0 Å². The topological polar surface area (TPSA) is 52.6 Å². The van der Waals surface area contributed by atoms with E-state index in [2.05, 4.69) is 0 Å². The molecule has 5 heteroatoms. The second-order valence-electron chi connectivity index (χ2n) is 4.71. The van der Waals surface area contributed by atoms with E-state index in [-0.39, 0.29) is 35.4 Å². The highest BCUT2D eigenvalue weighted by Gasteiger charge is 2.68. The number of carbonyl (C=O) groups excluding carboxylic acids is 2. The normalized spacial score (nSPS) is 42.4. The van der Waals surface area contributed by atoms with Crippen molar-refractivity contribution in [3.05, 3.63) is 22.4 Å². The highest BCUT2D eigenvalue weighted by Crippen LogP contribution is 2.57. The molecule has 2 saturated heterocycles. The van der Waals surface area contributed by atoms with Gasteiger partial charge in [-0.05, 0) is 11.4 Å². The van der Waals surface area contributed by atoms with Gasteiger partial charge in [0.25, 0.3) is 0 Å². The van der Waals surface area contributed by atoms with E-state index in [0.717, 1.165) is 4.88 Å². The molecule has 0 N–H and O–H groups in total. The first-order chi connectivity index (χ1) is 8.27. The fourth-order valence-corrected chi connectivity index (χ4v) is 3.73. The van der Waals surface area contributed by atoms with Crippen LogP contribution in [0.5, 0.6) is 0 Å². The molecule has 1 aromatic rings. The van der Waals surface area contributed by atoms with Gasteiger partial charge in [-0.15, -0.1) is 11.3 Å². The van der Waals surface area contributed by atoms with Crippen LogP contribution in [0.1, 0.15) is 9.67 Å². The first kappa shape index (κ1) is 9.94. The maximum absolute atomic E-state index is 12.2. The van der Waals surface area contributed by atoms with Crippen LogP contribution in [0.3, 0.4) is 0 Å². The molecule has 4 nitrogen and oxygen atoms in total. The SMILES string of the molecule is O=C1C2[C@@H]([C@H]3CO[C@@H]1O3)[C@H]2C(=O)c1cccs1. The largest absolute Gasteiger partial charge is 0.343 e. The van der Waals surface area contributed by atoms with Crippen LogP contribution >= 0.6 is 11.3 Å². The number of Topliss-reactive ketones (excluding diaryl/α,β-unsaturated/α-hetero) is 2. The number of thiophene rings is 1. The van der Waals surface area contributed by atoms with Crippen molar-refractivity contribution in [1.29, 1.82) is 0 Å². The van der Waals surface area contributed by atoms with Crippen LogP contribution in [0, 0.1) is 17.8 Å². The Labute approximate surface area is 102 Å². The Balaban J connectivity index is 1.63. The lowest BCUT2D eigenvalue weighted by atomic mass is 10.1. The van der Waals surface area contributed by atoms with E-state index in [4.69, 9.17) is 9.47 Å². The van der Waals surface area contributed by atoms with Crippen molar-refractivity contribution in [2.75, 3.05) is 6.61 Å². The molecular weight excluding hydrogens is 240 g/mol. The maximum Gasteiger partial charge on any atom is 0.218 e. The average molecular weight is 250 g/mol. The molecule has 3 heterocycles. The maximum atomic E-state index is 12.2. The molecule has 4 rings (SSSR count). The van der Waals surface area contributed by atoms with Crippen molar-refractivity contribution >= 4 is 22.9 Å². The molecule has 17 heavy (non-hydrogen) atoms. The van der Waals surface area contributed by atoms with E-state index in [1.54, 1.807) is 0 Å². The number of hydrogen-bond acceptors (Lipinski definition) is 5. The molecule has 1 saturated carbocycles. The van der Waals surface area contributed by atoms with Gasteiger partial charge in [0.15, 0.2) is 11.6 Å². The minimum absolute atomic E-state index is 0.0429. The summed E-state index contributed by atoms with van der Waals surface area (Å²) < 4.78 is 10.7. The number of fused-ring (bicyclic) bond motifs is 4. The second kappa shape index (κ2) is 3.25. The van der Waals surface area contributed by atoms with Crippen molar-refractivity contribution in [3.63, 3.8) is 0 Å². The lowest BCUT2D eigenvalue weighted by Gasteiger charge is -2.14.